The summed E-state index contributed by atoms with van der Waals surface area (Å²) >= 11 is 17.7. The summed E-state index contributed by atoms with van der Waals surface area (Å²) in [6, 6.07) is 7.36. The van der Waals surface area contributed by atoms with E-state index in [0.717, 1.165) is 0 Å². The topological polar surface area (TPSA) is 78.9 Å². The second kappa shape index (κ2) is 9.17. The van der Waals surface area contributed by atoms with E-state index in [-0.39, 0.29) is 28.6 Å². The van der Waals surface area contributed by atoms with Crippen molar-refractivity contribution in [2.75, 3.05) is 25.5 Å². The highest BCUT2D eigenvalue weighted by Gasteiger charge is 2.19. The van der Waals surface area contributed by atoms with E-state index in [1.54, 1.807) is 19.1 Å². The molecule has 0 spiro atoms. The summed E-state index contributed by atoms with van der Waals surface area (Å²) in [5.41, 5.74) is 0.646. The number of nitrogens with one attached hydrogen (secondary N) is 1. The molecule has 144 valence electrons. The van der Waals surface area contributed by atoms with E-state index in [1.165, 1.54) is 30.1 Å². The smallest absolute Gasteiger partial charge is 0.254 e. The molecule has 0 aliphatic carbocycles. The number of phenols is 1. The maximum absolute atomic E-state index is 12.6. The monoisotopic (exact) mass is 430 g/mol. The minimum Gasteiger partial charge on any atom is -0.503 e. The van der Waals surface area contributed by atoms with Crippen molar-refractivity contribution in [3.8, 4) is 11.5 Å². The molecule has 0 aliphatic heterocycles. The van der Waals surface area contributed by atoms with Gasteiger partial charge in [0.15, 0.2) is 11.5 Å². The van der Waals surface area contributed by atoms with Crippen LogP contribution in [0.2, 0.25) is 15.1 Å². The number of halogens is 3. The standard InChI is InChI=1S/C18H17Cl3N2O4/c1-3-27-15-7-10(6-14(21)17(15)25)18(26)23(2)9-16(24)22-11-4-5-12(19)13(20)8-11/h4-8,25H,3,9H2,1-2H3,(H,22,24). The van der Waals surface area contributed by atoms with Crippen molar-refractivity contribution in [1.82, 2.24) is 4.90 Å². The summed E-state index contributed by atoms with van der Waals surface area (Å²) in [6.45, 7) is 1.83. The van der Waals surface area contributed by atoms with E-state index >= 15 is 0 Å². The number of hydrogen-bond donors (Lipinski definition) is 2. The van der Waals surface area contributed by atoms with Gasteiger partial charge in [0, 0.05) is 18.3 Å². The third kappa shape index (κ3) is 5.42. The van der Waals surface area contributed by atoms with Gasteiger partial charge in [-0.2, -0.15) is 0 Å². The first-order chi connectivity index (χ1) is 12.7. The van der Waals surface area contributed by atoms with Gasteiger partial charge in [0.05, 0.1) is 28.2 Å². The van der Waals surface area contributed by atoms with Crippen LogP contribution in [0.3, 0.4) is 0 Å². The van der Waals surface area contributed by atoms with Crippen LogP contribution in [0.1, 0.15) is 17.3 Å². The minimum absolute atomic E-state index is 0.0158. The van der Waals surface area contributed by atoms with Crippen molar-refractivity contribution in [3.05, 3.63) is 51.0 Å². The number of phenolic OH excluding ortho intramolecular Hbond substituents is 1. The summed E-state index contributed by atoms with van der Waals surface area (Å²) in [4.78, 5) is 26.0. The predicted octanol–water partition coefficient (Wildman–Crippen LogP) is 4.46. The lowest BCUT2D eigenvalue weighted by Crippen LogP contribution is -2.35. The summed E-state index contributed by atoms with van der Waals surface area (Å²) in [7, 11) is 1.47. The lowest BCUT2D eigenvalue weighted by atomic mass is 10.1. The van der Waals surface area contributed by atoms with Crippen LogP contribution in [0.15, 0.2) is 30.3 Å². The van der Waals surface area contributed by atoms with Gasteiger partial charge in [-0.3, -0.25) is 9.59 Å². The van der Waals surface area contributed by atoms with Gasteiger partial charge < -0.3 is 20.1 Å². The molecule has 0 heterocycles. The highest BCUT2D eigenvalue weighted by atomic mass is 35.5. The number of benzene rings is 2. The normalized spacial score (nSPS) is 10.4. The van der Waals surface area contributed by atoms with Crippen LogP contribution in [0.25, 0.3) is 0 Å². The molecular formula is C18H17Cl3N2O4. The highest BCUT2D eigenvalue weighted by molar-refractivity contribution is 6.42. The Morgan fingerprint density at radius 2 is 1.81 bits per heavy atom. The lowest BCUT2D eigenvalue weighted by molar-refractivity contribution is -0.116. The van der Waals surface area contributed by atoms with Crippen molar-refractivity contribution >= 4 is 52.3 Å². The van der Waals surface area contributed by atoms with Crippen molar-refractivity contribution in [2.24, 2.45) is 0 Å². The van der Waals surface area contributed by atoms with Gasteiger partial charge in [-0.25, -0.2) is 0 Å². The zero-order valence-electron chi connectivity index (χ0n) is 14.6. The molecule has 6 nitrogen and oxygen atoms in total. The first-order valence-electron chi connectivity index (χ1n) is 7.88. The zero-order chi connectivity index (χ0) is 20.1. The molecule has 2 N–H and O–H groups in total. The predicted molar refractivity (Wildman–Crippen MR) is 106 cm³/mol. The van der Waals surface area contributed by atoms with Crippen molar-refractivity contribution in [2.45, 2.75) is 6.92 Å². The number of carbonyl (C=O) groups excluding carboxylic acids is 2. The summed E-state index contributed by atoms with van der Waals surface area (Å²) in [5, 5.41) is 13.2. The number of carbonyl (C=O) groups is 2. The van der Waals surface area contributed by atoms with Crippen LogP contribution in [-0.2, 0) is 4.79 Å². The average molecular weight is 432 g/mol. The van der Waals surface area contributed by atoms with Gasteiger partial charge >= 0.3 is 0 Å². The lowest BCUT2D eigenvalue weighted by Gasteiger charge is -2.18. The molecule has 2 aromatic rings. The van der Waals surface area contributed by atoms with E-state index < -0.39 is 11.8 Å². The van der Waals surface area contributed by atoms with Gasteiger partial charge in [0.1, 0.15) is 0 Å². The molecule has 0 radical (unpaired) electrons. The van der Waals surface area contributed by atoms with E-state index in [4.69, 9.17) is 39.5 Å². The van der Waals surface area contributed by atoms with Crippen molar-refractivity contribution < 1.29 is 19.4 Å². The fourth-order valence-corrected chi connectivity index (χ4v) is 2.75. The van der Waals surface area contributed by atoms with E-state index in [9.17, 15) is 14.7 Å². The Bertz CT molecular complexity index is 874. The number of hydrogen-bond acceptors (Lipinski definition) is 4. The van der Waals surface area contributed by atoms with Crippen molar-refractivity contribution in [3.63, 3.8) is 0 Å². The minimum atomic E-state index is -0.456. The van der Waals surface area contributed by atoms with E-state index in [2.05, 4.69) is 5.32 Å². The third-order valence-corrected chi connectivity index (χ3v) is 4.53. The Morgan fingerprint density at radius 1 is 1.11 bits per heavy atom. The van der Waals surface area contributed by atoms with Crippen LogP contribution in [0.5, 0.6) is 11.5 Å². The Labute approximate surface area is 171 Å². The fourth-order valence-electron chi connectivity index (χ4n) is 2.24. The molecule has 2 amide bonds. The van der Waals surface area contributed by atoms with Gasteiger partial charge in [0.25, 0.3) is 5.91 Å². The largest absolute Gasteiger partial charge is 0.503 e. The number of nitrogens with zero attached hydrogens (tertiary/aromatic N) is 1. The molecule has 2 aromatic carbocycles. The van der Waals surface area contributed by atoms with E-state index in [1.807, 2.05) is 0 Å². The molecule has 0 bridgehead atoms. The number of anilines is 1. The Morgan fingerprint density at radius 3 is 2.44 bits per heavy atom. The zero-order valence-corrected chi connectivity index (χ0v) is 16.8. The number of aromatic hydroxyl groups is 1. The van der Waals surface area contributed by atoms with E-state index in [0.29, 0.717) is 22.3 Å². The Balaban J connectivity index is 2.08. The van der Waals surface area contributed by atoms with Crippen LogP contribution in [0, 0.1) is 0 Å². The molecule has 0 aliphatic rings. The molecule has 0 saturated heterocycles. The first-order valence-corrected chi connectivity index (χ1v) is 9.02. The van der Waals surface area contributed by atoms with Gasteiger partial charge in [-0.15, -0.1) is 0 Å². The van der Waals surface area contributed by atoms with Crippen LogP contribution < -0.4 is 10.1 Å². The van der Waals surface area contributed by atoms with Gasteiger partial charge in [-0.05, 0) is 37.3 Å². The number of amides is 2. The third-order valence-electron chi connectivity index (χ3n) is 3.51. The van der Waals surface area contributed by atoms with Gasteiger partial charge in [-0.1, -0.05) is 34.8 Å². The van der Waals surface area contributed by atoms with Crippen LogP contribution in [-0.4, -0.2) is 42.0 Å². The second-order valence-electron chi connectivity index (χ2n) is 5.58. The first kappa shape index (κ1) is 21.2. The van der Waals surface area contributed by atoms with Crippen LogP contribution >= 0.6 is 34.8 Å². The molecule has 0 aromatic heterocycles. The highest BCUT2D eigenvalue weighted by Crippen LogP contribution is 2.35. The molecule has 0 saturated carbocycles. The van der Waals surface area contributed by atoms with Gasteiger partial charge in [0.2, 0.25) is 5.91 Å². The van der Waals surface area contributed by atoms with Crippen LogP contribution in [0.4, 0.5) is 5.69 Å². The number of ether oxygens (including phenoxy) is 1. The Kier molecular flexibility index (Phi) is 7.18. The summed E-state index contributed by atoms with van der Waals surface area (Å²) < 4.78 is 5.26. The second-order valence-corrected chi connectivity index (χ2v) is 6.80. The molecule has 27 heavy (non-hydrogen) atoms. The molecule has 0 atom stereocenters. The fraction of sp³-hybridized carbons (Fsp3) is 0.222. The number of likely N-dealkylation sites (N-methyl/N-ethyl adjacent to an activating group) is 1. The SMILES string of the molecule is CCOc1cc(C(=O)N(C)CC(=O)Nc2ccc(Cl)c(Cl)c2)cc(Cl)c1O. The maximum Gasteiger partial charge on any atom is 0.254 e. The maximum atomic E-state index is 12.6. The quantitative estimate of drug-likeness (QED) is 0.708. The molecule has 0 fully saturated rings. The molecule has 0 unspecified atom stereocenters. The number of rotatable bonds is 6. The molecule has 9 heteroatoms. The van der Waals surface area contributed by atoms with Crippen molar-refractivity contribution in [1.29, 1.82) is 0 Å². The molecule has 2 rings (SSSR count). The summed E-state index contributed by atoms with van der Waals surface area (Å²) in [6.07, 6.45) is 0. The Hall–Kier alpha value is -2.15. The summed E-state index contributed by atoms with van der Waals surface area (Å²) in [5.74, 6) is -1.02. The average Bonchev–Trinajstić information content (AvgIpc) is 2.61. The molecular weight excluding hydrogens is 415 g/mol.